The molecule has 0 radical (unpaired) electrons. The first-order chi connectivity index (χ1) is 18.5. The highest BCUT2D eigenvalue weighted by Crippen LogP contribution is 2.45. The average molecular weight is 519 g/mol. The summed E-state index contributed by atoms with van der Waals surface area (Å²) in [5.41, 5.74) is 4.55. The van der Waals surface area contributed by atoms with Gasteiger partial charge in [-0.25, -0.2) is 8.78 Å². The van der Waals surface area contributed by atoms with E-state index in [1.54, 1.807) is 12.1 Å². The minimum absolute atomic E-state index is 0.223. The third kappa shape index (κ3) is 6.60. The van der Waals surface area contributed by atoms with Gasteiger partial charge in [0.2, 0.25) is 0 Å². The molecule has 1 unspecified atom stereocenters. The second kappa shape index (κ2) is 12.9. The fourth-order valence-corrected chi connectivity index (χ4v) is 7.89. The van der Waals surface area contributed by atoms with Crippen LogP contribution in [0.25, 0.3) is 5.57 Å². The number of benzene rings is 2. The molecule has 2 aromatic rings. The van der Waals surface area contributed by atoms with E-state index in [1.165, 1.54) is 75.3 Å². The lowest BCUT2D eigenvalue weighted by Crippen LogP contribution is -2.25. The number of halogens is 2. The lowest BCUT2D eigenvalue weighted by molar-refractivity contribution is 0.155. The van der Waals surface area contributed by atoms with Gasteiger partial charge in [-0.2, -0.15) is 0 Å². The van der Waals surface area contributed by atoms with Gasteiger partial charge in [0.15, 0.2) is 0 Å². The second-order valence-corrected chi connectivity index (χ2v) is 12.9. The number of hydrogen-bond donors (Lipinski definition) is 0. The maximum absolute atomic E-state index is 15.3. The van der Waals surface area contributed by atoms with Gasteiger partial charge in [0.1, 0.15) is 11.6 Å². The minimum Gasteiger partial charge on any atom is -0.206 e. The van der Waals surface area contributed by atoms with Crippen molar-refractivity contribution in [3.63, 3.8) is 0 Å². The minimum atomic E-state index is -0.358. The highest BCUT2D eigenvalue weighted by molar-refractivity contribution is 5.68. The van der Waals surface area contributed by atoms with Gasteiger partial charge in [0.25, 0.3) is 0 Å². The molecule has 2 saturated carbocycles. The number of aryl methyl sites for hydroxylation is 1. The molecule has 0 N–H and O–H groups in total. The van der Waals surface area contributed by atoms with E-state index < -0.39 is 0 Å². The van der Waals surface area contributed by atoms with Crippen LogP contribution >= 0.6 is 0 Å². The summed E-state index contributed by atoms with van der Waals surface area (Å²) >= 11 is 0. The van der Waals surface area contributed by atoms with Gasteiger partial charge in [0.05, 0.1) is 0 Å². The molecule has 3 aliphatic carbocycles. The zero-order chi connectivity index (χ0) is 26.5. The number of unbranched alkanes of at least 4 members (excludes halogenated alkanes) is 2. The summed E-state index contributed by atoms with van der Waals surface area (Å²) in [7, 11) is 0. The zero-order valence-electron chi connectivity index (χ0n) is 23.8. The Kier molecular flexibility index (Phi) is 9.39. The van der Waals surface area contributed by atoms with Crippen molar-refractivity contribution in [2.24, 2.45) is 17.8 Å². The summed E-state index contributed by atoms with van der Waals surface area (Å²) in [6, 6.07) is 12.0. The van der Waals surface area contributed by atoms with E-state index in [0.717, 1.165) is 61.0 Å². The van der Waals surface area contributed by atoms with Crippen molar-refractivity contribution in [3.05, 3.63) is 76.4 Å². The first-order valence-corrected chi connectivity index (χ1v) is 15.8. The van der Waals surface area contributed by atoms with Crippen molar-refractivity contribution in [3.8, 4) is 0 Å². The molecule has 2 heteroatoms. The molecule has 206 valence electrons. The van der Waals surface area contributed by atoms with E-state index >= 15 is 8.78 Å². The lowest BCUT2D eigenvalue weighted by atomic mass is 9.68. The fourth-order valence-electron chi connectivity index (χ4n) is 7.89. The van der Waals surface area contributed by atoms with Crippen molar-refractivity contribution in [1.29, 1.82) is 0 Å². The van der Waals surface area contributed by atoms with Crippen LogP contribution in [0, 0.1) is 36.3 Å². The highest BCUT2D eigenvalue weighted by Gasteiger charge is 2.32. The van der Waals surface area contributed by atoms with Crippen molar-refractivity contribution in [2.75, 3.05) is 0 Å². The Balaban J connectivity index is 1.15. The zero-order valence-corrected chi connectivity index (χ0v) is 23.8. The SMILES string of the molecule is CCCCCC1CCC(C2CCC(c3cc(F)c(C4=CCC(c5ccc(C)cc5)CC4)c(F)c3)CC2)CC1. The Morgan fingerprint density at radius 1 is 0.711 bits per heavy atom. The molecule has 0 bridgehead atoms. The largest absolute Gasteiger partial charge is 0.206 e. The van der Waals surface area contributed by atoms with Crippen LogP contribution in [0.3, 0.4) is 0 Å². The van der Waals surface area contributed by atoms with Crippen molar-refractivity contribution in [2.45, 2.75) is 122 Å². The Morgan fingerprint density at radius 2 is 1.34 bits per heavy atom. The molecule has 3 aliphatic rings. The normalized spacial score (nSPS) is 28.2. The second-order valence-electron chi connectivity index (χ2n) is 12.9. The van der Waals surface area contributed by atoms with Gasteiger partial charge in [0, 0.05) is 5.56 Å². The predicted molar refractivity (Wildman–Crippen MR) is 156 cm³/mol. The number of rotatable bonds is 8. The van der Waals surface area contributed by atoms with Crippen molar-refractivity contribution in [1.82, 2.24) is 0 Å². The highest BCUT2D eigenvalue weighted by atomic mass is 19.1. The van der Waals surface area contributed by atoms with Crippen LogP contribution in [0.2, 0.25) is 0 Å². The first kappa shape index (κ1) is 27.6. The van der Waals surface area contributed by atoms with E-state index in [9.17, 15) is 0 Å². The van der Waals surface area contributed by atoms with Crippen LogP contribution in [-0.2, 0) is 0 Å². The Labute approximate surface area is 230 Å². The summed E-state index contributed by atoms with van der Waals surface area (Å²) in [6.07, 6.45) is 20.5. The van der Waals surface area contributed by atoms with E-state index in [4.69, 9.17) is 0 Å². The number of allylic oxidation sites excluding steroid dienone is 2. The van der Waals surface area contributed by atoms with E-state index in [-0.39, 0.29) is 17.2 Å². The molecule has 5 rings (SSSR count). The van der Waals surface area contributed by atoms with E-state index in [0.29, 0.717) is 11.8 Å². The van der Waals surface area contributed by atoms with E-state index in [1.807, 2.05) is 0 Å². The Bertz CT molecular complexity index is 1040. The summed E-state index contributed by atoms with van der Waals surface area (Å²) < 4.78 is 30.7. The molecular weight excluding hydrogens is 470 g/mol. The van der Waals surface area contributed by atoms with Gasteiger partial charge in [-0.05, 0) is 123 Å². The lowest BCUT2D eigenvalue weighted by Gasteiger charge is -2.38. The van der Waals surface area contributed by atoms with Gasteiger partial charge < -0.3 is 0 Å². The summed E-state index contributed by atoms with van der Waals surface area (Å²) in [5, 5.41) is 0. The van der Waals surface area contributed by atoms with Crippen LogP contribution in [0.1, 0.15) is 137 Å². The molecule has 0 spiro atoms. The molecule has 0 heterocycles. The molecule has 0 nitrogen and oxygen atoms in total. The Morgan fingerprint density at radius 3 is 1.92 bits per heavy atom. The molecule has 0 aromatic heterocycles. The monoisotopic (exact) mass is 518 g/mol. The standard InChI is InChI=1S/C36H48F2/c1-3-4-5-6-26-9-13-28(14-10-26)29-15-17-31(18-16-29)33-23-34(37)36(35(38)24-33)32-21-19-30(20-22-32)27-11-7-25(2)8-12-27/h7-8,11-12,21,23-24,26,28-31H,3-6,9-10,13-20,22H2,1-2H3. The molecule has 2 fully saturated rings. The summed E-state index contributed by atoms with van der Waals surface area (Å²) in [5.74, 6) is 2.71. The average Bonchev–Trinajstić information content (AvgIpc) is 2.94. The number of hydrogen-bond acceptors (Lipinski definition) is 0. The molecule has 38 heavy (non-hydrogen) atoms. The summed E-state index contributed by atoms with van der Waals surface area (Å²) in [4.78, 5) is 0. The van der Waals surface area contributed by atoms with Crippen LogP contribution in [-0.4, -0.2) is 0 Å². The third-order valence-corrected chi connectivity index (χ3v) is 10.4. The maximum atomic E-state index is 15.3. The fraction of sp³-hybridized carbons (Fsp3) is 0.611. The predicted octanol–water partition coefficient (Wildman–Crippen LogP) is 11.3. The van der Waals surface area contributed by atoms with Gasteiger partial charge >= 0.3 is 0 Å². The maximum Gasteiger partial charge on any atom is 0.133 e. The molecule has 0 amide bonds. The Hall–Kier alpha value is -1.96. The molecule has 0 aliphatic heterocycles. The van der Waals surface area contributed by atoms with Crippen molar-refractivity contribution < 1.29 is 8.78 Å². The van der Waals surface area contributed by atoms with Crippen LogP contribution in [0.5, 0.6) is 0 Å². The smallest absolute Gasteiger partial charge is 0.133 e. The molecule has 2 aromatic carbocycles. The quantitative estimate of drug-likeness (QED) is 0.305. The molecule has 1 atom stereocenters. The van der Waals surface area contributed by atoms with Crippen LogP contribution < -0.4 is 0 Å². The van der Waals surface area contributed by atoms with Crippen LogP contribution in [0.15, 0.2) is 42.5 Å². The topological polar surface area (TPSA) is 0 Å². The summed E-state index contributed by atoms with van der Waals surface area (Å²) in [6.45, 7) is 4.39. The van der Waals surface area contributed by atoms with Gasteiger partial charge in [-0.1, -0.05) is 81.4 Å². The van der Waals surface area contributed by atoms with Crippen molar-refractivity contribution >= 4 is 5.57 Å². The van der Waals surface area contributed by atoms with Gasteiger partial charge in [-0.3, -0.25) is 0 Å². The third-order valence-electron chi connectivity index (χ3n) is 10.4. The molecular formula is C36H48F2. The van der Waals surface area contributed by atoms with Gasteiger partial charge in [-0.15, -0.1) is 0 Å². The first-order valence-electron chi connectivity index (χ1n) is 15.8. The van der Waals surface area contributed by atoms with E-state index in [2.05, 4.69) is 44.2 Å². The molecule has 0 saturated heterocycles. The van der Waals surface area contributed by atoms with Crippen LogP contribution in [0.4, 0.5) is 8.78 Å².